The molecule has 5 rings (SSSR count). The molecule has 2 aromatic heterocycles. The summed E-state index contributed by atoms with van der Waals surface area (Å²) in [5.74, 6) is 0.198. The van der Waals surface area contributed by atoms with Crippen molar-refractivity contribution in [3.8, 4) is 17.0 Å². The van der Waals surface area contributed by atoms with Crippen LogP contribution in [0.2, 0.25) is 0 Å². The third-order valence-electron chi connectivity index (χ3n) is 6.62. The second kappa shape index (κ2) is 11.5. The first-order chi connectivity index (χ1) is 19.6. The predicted molar refractivity (Wildman–Crippen MR) is 163 cm³/mol. The molecule has 3 aromatic carbocycles. The fourth-order valence-corrected chi connectivity index (χ4v) is 4.78. The van der Waals surface area contributed by atoms with Gasteiger partial charge in [-0.3, -0.25) is 18.8 Å². The molecule has 0 atom stereocenters. The van der Waals surface area contributed by atoms with Crippen molar-refractivity contribution in [3.63, 3.8) is 0 Å². The minimum absolute atomic E-state index is 0.219. The van der Waals surface area contributed by atoms with Gasteiger partial charge in [0.05, 0.1) is 16.6 Å². The summed E-state index contributed by atoms with van der Waals surface area (Å²) in [6.45, 7) is 10.4. The molecule has 0 fully saturated rings. The summed E-state index contributed by atoms with van der Waals surface area (Å²) < 4.78 is 15.1. The van der Waals surface area contributed by atoms with Crippen LogP contribution in [0.5, 0.6) is 5.75 Å². The number of aromatic nitrogens is 3. The number of hydrogen-bond acceptors (Lipinski definition) is 6. The van der Waals surface area contributed by atoms with E-state index in [4.69, 9.17) is 14.5 Å². The number of ether oxygens (including phenoxy) is 2. The molecule has 0 aliphatic heterocycles. The van der Waals surface area contributed by atoms with Crippen LogP contribution >= 0.6 is 0 Å². The molecule has 0 saturated heterocycles. The number of hydrogen-bond donors (Lipinski definition) is 1. The first-order valence-corrected chi connectivity index (χ1v) is 13.9. The van der Waals surface area contributed by atoms with Crippen molar-refractivity contribution >= 4 is 27.9 Å². The summed E-state index contributed by atoms with van der Waals surface area (Å²) in [4.78, 5) is 31.8. The van der Waals surface area contributed by atoms with Gasteiger partial charge in [-0.15, -0.1) is 0 Å². The largest absolute Gasteiger partial charge is 0.489 e. The number of aryl methyl sites for hydroxylation is 1. The van der Waals surface area contributed by atoms with Crippen molar-refractivity contribution in [1.29, 1.82) is 0 Å². The molecule has 212 valence electrons. The van der Waals surface area contributed by atoms with Crippen molar-refractivity contribution < 1.29 is 14.3 Å². The van der Waals surface area contributed by atoms with Gasteiger partial charge in [0.25, 0.3) is 5.56 Å². The quantitative estimate of drug-likeness (QED) is 0.219. The summed E-state index contributed by atoms with van der Waals surface area (Å²) in [6.07, 6.45) is 2.83. The van der Waals surface area contributed by atoms with Gasteiger partial charge >= 0.3 is 5.97 Å². The maximum Gasteiger partial charge on any atom is 0.326 e. The van der Waals surface area contributed by atoms with Gasteiger partial charge in [-0.05, 0) is 75.6 Å². The number of esters is 1. The molecule has 0 amide bonds. The molecular formula is C33H36N4O4. The lowest BCUT2D eigenvalue weighted by molar-refractivity contribution is -0.155. The summed E-state index contributed by atoms with van der Waals surface area (Å²) in [7, 11) is 0. The maximum atomic E-state index is 14.1. The highest BCUT2D eigenvalue weighted by atomic mass is 16.6. The third-order valence-corrected chi connectivity index (χ3v) is 6.62. The zero-order valence-electron chi connectivity index (χ0n) is 24.2. The average molecular weight is 553 g/mol. The van der Waals surface area contributed by atoms with Crippen LogP contribution in [0.1, 0.15) is 45.2 Å². The van der Waals surface area contributed by atoms with E-state index in [9.17, 15) is 9.59 Å². The van der Waals surface area contributed by atoms with E-state index in [1.807, 2.05) is 105 Å². The van der Waals surface area contributed by atoms with Gasteiger partial charge in [0.2, 0.25) is 0 Å². The van der Waals surface area contributed by atoms with Crippen molar-refractivity contribution in [2.45, 2.75) is 59.8 Å². The number of rotatable bonds is 9. The van der Waals surface area contributed by atoms with Gasteiger partial charge in [0.1, 0.15) is 30.2 Å². The maximum absolute atomic E-state index is 14.1. The Morgan fingerprint density at radius 1 is 1.00 bits per heavy atom. The van der Waals surface area contributed by atoms with Crippen molar-refractivity contribution in [2.24, 2.45) is 0 Å². The number of carbonyl (C=O) groups is 1. The van der Waals surface area contributed by atoms with Crippen LogP contribution in [-0.2, 0) is 22.7 Å². The second-order valence-electron chi connectivity index (χ2n) is 11.2. The molecule has 8 nitrogen and oxygen atoms in total. The minimum Gasteiger partial charge on any atom is -0.489 e. The molecule has 0 radical (unpaired) electrons. The zero-order valence-corrected chi connectivity index (χ0v) is 24.2. The molecule has 5 aromatic rings. The van der Waals surface area contributed by atoms with Crippen LogP contribution in [0.25, 0.3) is 33.2 Å². The summed E-state index contributed by atoms with van der Waals surface area (Å²) in [5.41, 5.74) is 7.45. The topological polar surface area (TPSA) is 87.4 Å². The van der Waals surface area contributed by atoms with Crippen LogP contribution < -0.4 is 15.7 Å². The highest BCUT2D eigenvalue weighted by Gasteiger charge is 2.22. The van der Waals surface area contributed by atoms with Gasteiger partial charge in [-0.1, -0.05) is 43.3 Å². The van der Waals surface area contributed by atoms with Crippen LogP contribution in [0, 0.1) is 6.92 Å². The zero-order chi connectivity index (χ0) is 29.1. The Bertz CT molecular complexity index is 1760. The normalized spacial score (nSPS) is 11.6. The van der Waals surface area contributed by atoms with Gasteiger partial charge in [0.15, 0.2) is 0 Å². The second-order valence-corrected chi connectivity index (χ2v) is 11.2. The van der Waals surface area contributed by atoms with Crippen LogP contribution in [0.15, 0.2) is 77.7 Å². The van der Waals surface area contributed by atoms with Crippen LogP contribution in [0.4, 0.5) is 0 Å². The lowest BCUT2D eigenvalue weighted by atomic mass is 10.1. The Morgan fingerprint density at radius 3 is 2.49 bits per heavy atom. The number of nitrogens with zero attached hydrogens (tertiary/aromatic N) is 3. The van der Waals surface area contributed by atoms with Crippen LogP contribution in [0.3, 0.4) is 0 Å². The molecule has 0 aliphatic carbocycles. The molecule has 0 spiro atoms. The predicted octanol–water partition coefficient (Wildman–Crippen LogP) is 6.20. The first kappa shape index (κ1) is 28.0. The molecule has 41 heavy (non-hydrogen) atoms. The Balaban J connectivity index is 1.65. The number of benzene rings is 3. The van der Waals surface area contributed by atoms with Crippen LogP contribution in [-0.4, -0.2) is 32.3 Å². The standard InChI is InChI=1S/C33H36N4O4/c1-6-16-34-37-19-26(25-18-24(13-15-28(25)37)40-21-23-10-8-7-9-11-23)31-32(39)36(20-30(38)41-33(3,4)5)29-14-12-22(2)17-27(29)35-31/h7-15,17-19,34H,6,16,20-21H2,1-5H3. The number of fused-ring (bicyclic) bond motifs is 2. The highest BCUT2D eigenvalue weighted by molar-refractivity contribution is 5.97. The van der Waals surface area contributed by atoms with E-state index < -0.39 is 11.6 Å². The molecule has 8 heteroatoms. The molecule has 0 unspecified atom stereocenters. The Morgan fingerprint density at radius 2 is 1.76 bits per heavy atom. The molecule has 0 bridgehead atoms. The van der Waals surface area contributed by atoms with E-state index in [0.29, 0.717) is 29.0 Å². The van der Waals surface area contributed by atoms with Gasteiger partial charge in [-0.25, -0.2) is 4.98 Å². The lowest BCUT2D eigenvalue weighted by Gasteiger charge is -2.20. The summed E-state index contributed by atoms with van der Waals surface area (Å²) in [5, 5.41) is 0.819. The molecule has 0 aliphatic rings. The van der Waals surface area contributed by atoms with E-state index in [2.05, 4.69) is 12.3 Å². The van der Waals surface area contributed by atoms with Gasteiger partial charge in [0, 0.05) is 23.7 Å². The molecular weight excluding hydrogens is 516 g/mol. The van der Waals surface area contributed by atoms with Crippen molar-refractivity contribution in [1.82, 2.24) is 14.2 Å². The van der Waals surface area contributed by atoms with E-state index >= 15 is 0 Å². The SMILES string of the molecule is CCCNn1cc(-c2nc3cc(C)ccc3n(CC(=O)OC(C)(C)C)c2=O)c2cc(OCc3ccccc3)ccc21. The average Bonchev–Trinajstić information content (AvgIpc) is 3.29. The van der Waals surface area contributed by atoms with E-state index in [0.717, 1.165) is 35.0 Å². The molecule has 1 N–H and O–H groups in total. The fourth-order valence-electron chi connectivity index (χ4n) is 4.78. The fraction of sp³-hybridized carbons (Fsp3) is 0.303. The smallest absolute Gasteiger partial charge is 0.326 e. The first-order valence-electron chi connectivity index (χ1n) is 13.9. The Kier molecular flexibility index (Phi) is 7.83. The number of nitrogens with one attached hydrogen (secondary N) is 1. The van der Waals surface area contributed by atoms with Gasteiger partial charge < -0.3 is 14.9 Å². The monoisotopic (exact) mass is 552 g/mol. The van der Waals surface area contributed by atoms with E-state index in [1.165, 1.54) is 4.57 Å². The van der Waals surface area contributed by atoms with E-state index in [-0.39, 0.29) is 17.8 Å². The molecule has 0 saturated carbocycles. The third kappa shape index (κ3) is 6.27. The highest BCUT2D eigenvalue weighted by Crippen LogP contribution is 2.32. The summed E-state index contributed by atoms with van der Waals surface area (Å²) >= 11 is 0. The van der Waals surface area contributed by atoms with Crippen molar-refractivity contribution in [2.75, 3.05) is 12.0 Å². The lowest BCUT2D eigenvalue weighted by Crippen LogP contribution is -2.31. The molecule has 2 heterocycles. The Hall–Kier alpha value is -4.59. The van der Waals surface area contributed by atoms with Crippen molar-refractivity contribution in [3.05, 3.63) is 94.4 Å². The summed E-state index contributed by atoms with van der Waals surface area (Å²) in [6, 6.07) is 21.5. The Labute approximate surface area is 239 Å². The van der Waals surface area contributed by atoms with E-state index in [1.54, 1.807) is 0 Å². The number of carbonyl (C=O) groups excluding carboxylic acids is 1. The van der Waals surface area contributed by atoms with Gasteiger partial charge in [-0.2, -0.15) is 0 Å². The minimum atomic E-state index is -0.669.